The molecule has 170 valence electrons. The summed E-state index contributed by atoms with van der Waals surface area (Å²) in [6.07, 6.45) is 12.0. The van der Waals surface area contributed by atoms with Crippen LogP contribution < -0.4 is 5.22 Å². The maximum atomic E-state index is 4.65. The van der Waals surface area contributed by atoms with Gasteiger partial charge in [0.15, 0.2) is 0 Å². The fraction of sp³-hybridized carbons (Fsp3) is 0.200. The zero-order valence-corrected chi connectivity index (χ0v) is 20.8. The standard InChI is InChI=1S/C35H30/c1-21(2)29-17-12-22(3)32-23(4)13-18-30(35(29)32)24(5)20-28-11-7-10-27-15-14-25-8-6-9-26-16-19-31(28)34(27)33(25)26/h6,8-10,12-19,28,32,35H,1,5,20H2,2-4H3. The molecular weight excluding hydrogens is 420 g/mol. The molecule has 3 aliphatic carbocycles. The minimum atomic E-state index is 0.110. The molecule has 3 unspecified atom stereocenters. The molecule has 0 aliphatic heterocycles. The van der Waals surface area contributed by atoms with Gasteiger partial charge in [0, 0.05) is 11.8 Å². The summed E-state index contributed by atoms with van der Waals surface area (Å²) in [6, 6.07) is 15.6. The Kier molecular flexibility index (Phi) is 5.05. The number of rotatable bonds is 4. The number of allylic oxidation sites excluding steroid dienone is 10. The molecule has 3 aromatic rings. The Labute approximate surface area is 208 Å². The molecule has 6 rings (SSSR count). The van der Waals surface area contributed by atoms with Gasteiger partial charge in [0.1, 0.15) is 0 Å². The van der Waals surface area contributed by atoms with Crippen LogP contribution in [0.4, 0.5) is 0 Å². The van der Waals surface area contributed by atoms with Crippen LogP contribution in [0.1, 0.15) is 38.7 Å². The first-order valence-electron chi connectivity index (χ1n) is 12.5. The lowest BCUT2D eigenvalue weighted by atomic mass is 9.65. The lowest BCUT2D eigenvalue weighted by molar-refractivity contribution is 0.539. The van der Waals surface area contributed by atoms with Gasteiger partial charge in [-0.15, -0.1) is 0 Å². The number of hydrogen-bond donors (Lipinski definition) is 0. The van der Waals surface area contributed by atoms with E-state index in [1.807, 2.05) is 0 Å². The summed E-state index contributed by atoms with van der Waals surface area (Å²) in [5.74, 6) is 7.73. The first-order chi connectivity index (χ1) is 16.9. The number of fused-ring (bicyclic) bond motifs is 1. The van der Waals surface area contributed by atoms with Gasteiger partial charge >= 0.3 is 0 Å². The molecule has 3 aliphatic rings. The molecular formula is C35H30. The van der Waals surface area contributed by atoms with Gasteiger partial charge in [-0.05, 0) is 82.3 Å². The van der Waals surface area contributed by atoms with Crippen molar-refractivity contribution in [3.05, 3.63) is 124 Å². The van der Waals surface area contributed by atoms with Crippen LogP contribution >= 0.6 is 0 Å². The molecule has 0 amide bonds. The van der Waals surface area contributed by atoms with Crippen LogP contribution in [0.25, 0.3) is 27.6 Å². The van der Waals surface area contributed by atoms with Crippen molar-refractivity contribution < 1.29 is 0 Å². The van der Waals surface area contributed by atoms with Crippen LogP contribution in [0.15, 0.2) is 113 Å². The molecule has 0 heteroatoms. The largest absolute Gasteiger partial charge is 0.0958 e. The van der Waals surface area contributed by atoms with Gasteiger partial charge in [-0.2, -0.15) is 0 Å². The summed E-state index contributed by atoms with van der Waals surface area (Å²) < 4.78 is 0. The minimum absolute atomic E-state index is 0.110. The van der Waals surface area contributed by atoms with Gasteiger partial charge in [0.2, 0.25) is 0 Å². The van der Waals surface area contributed by atoms with E-state index in [0.29, 0.717) is 5.92 Å². The van der Waals surface area contributed by atoms with E-state index in [1.165, 1.54) is 60.2 Å². The molecule has 0 saturated carbocycles. The third-order valence-corrected chi connectivity index (χ3v) is 8.09. The average molecular weight is 451 g/mol. The Morgan fingerprint density at radius 1 is 0.800 bits per heavy atom. The minimum Gasteiger partial charge on any atom is -0.0958 e. The van der Waals surface area contributed by atoms with Crippen molar-refractivity contribution in [1.29, 1.82) is 0 Å². The summed E-state index contributed by atoms with van der Waals surface area (Å²) in [7, 11) is 0. The Morgan fingerprint density at radius 2 is 1.49 bits per heavy atom. The summed E-state index contributed by atoms with van der Waals surface area (Å²) >= 11 is 0. The van der Waals surface area contributed by atoms with E-state index < -0.39 is 0 Å². The molecule has 0 bridgehead atoms. The Morgan fingerprint density at radius 3 is 2.20 bits per heavy atom. The van der Waals surface area contributed by atoms with E-state index in [4.69, 9.17) is 0 Å². The second-order valence-corrected chi connectivity index (χ2v) is 10.4. The van der Waals surface area contributed by atoms with Gasteiger partial charge in [0.25, 0.3) is 0 Å². The highest BCUT2D eigenvalue weighted by Crippen LogP contribution is 2.48. The van der Waals surface area contributed by atoms with Gasteiger partial charge in [-0.3, -0.25) is 0 Å². The first kappa shape index (κ1) is 21.7. The van der Waals surface area contributed by atoms with Crippen LogP contribution in [0.2, 0.25) is 0 Å². The van der Waals surface area contributed by atoms with Crippen LogP contribution in [0.3, 0.4) is 0 Å². The zero-order valence-electron chi connectivity index (χ0n) is 20.8. The summed E-state index contributed by atoms with van der Waals surface area (Å²) in [4.78, 5) is 0. The normalized spacial score (nSPS) is 22.5. The molecule has 3 atom stereocenters. The van der Waals surface area contributed by atoms with E-state index in [2.05, 4.69) is 119 Å². The Bertz CT molecular complexity index is 1670. The topological polar surface area (TPSA) is 0 Å². The van der Waals surface area contributed by atoms with E-state index in [0.717, 1.165) is 12.0 Å². The van der Waals surface area contributed by atoms with Crippen molar-refractivity contribution in [2.75, 3.05) is 0 Å². The number of hydrogen-bond acceptors (Lipinski definition) is 0. The quantitative estimate of drug-likeness (QED) is 0.352. The molecule has 0 nitrogen and oxygen atoms in total. The van der Waals surface area contributed by atoms with Crippen molar-refractivity contribution in [2.45, 2.75) is 33.1 Å². The van der Waals surface area contributed by atoms with Crippen molar-refractivity contribution in [1.82, 2.24) is 0 Å². The second kappa shape index (κ2) is 8.14. The maximum absolute atomic E-state index is 4.65. The fourth-order valence-corrected chi connectivity index (χ4v) is 6.38. The van der Waals surface area contributed by atoms with Crippen LogP contribution in [0.5, 0.6) is 0 Å². The lowest BCUT2D eigenvalue weighted by Gasteiger charge is -2.39. The predicted molar refractivity (Wildman–Crippen MR) is 151 cm³/mol. The fourth-order valence-electron chi connectivity index (χ4n) is 6.38. The third-order valence-electron chi connectivity index (χ3n) is 8.09. The highest BCUT2D eigenvalue weighted by molar-refractivity contribution is 6.12. The first-order valence-corrected chi connectivity index (χ1v) is 12.5. The summed E-state index contributed by atoms with van der Waals surface area (Å²) in [5, 5.41) is 6.48. The molecule has 35 heavy (non-hydrogen) atoms. The van der Waals surface area contributed by atoms with Gasteiger partial charge in [-0.1, -0.05) is 108 Å². The van der Waals surface area contributed by atoms with E-state index in [1.54, 1.807) is 0 Å². The summed E-state index contributed by atoms with van der Waals surface area (Å²) in [5.41, 5.74) is 9.12. The second-order valence-electron chi connectivity index (χ2n) is 10.4. The van der Waals surface area contributed by atoms with Crippen molar-refractivity contribution in [3.63, 3.8) is 0 Å². The van der Waals surface area contributed by atoms with Gasteiger partial charge < -0.3 is 0 Å². The summed E-state index contributed by atoms with van der Waals surface area (Å²) in [6.45, 7) is 15.6. The molecule has 0 fully saturated rings. The maximum Gasteiger partial charge on any atom is 0.0502 e. The van der Waals surface area contributed by atoms with Gasteiger partial charge in [0.05, 0.1) is 5.92 Å². The SMILES string of the molecule is C=C(C)C1=CC=C(C)C2C(C)=CC=C(C(=C)CC3C#CC=c4ccc5cccc6ccc3c4c65)C12. The smallest absolute Gasteiger partial charge is 0.0502 e. The third kappa shape index (κ3) is 3.38. The average Bonchev–Trinajstić information content (AvgIpc) is 3.02. The van der Waals surface area contributed by atoms with Crippen LogP contribution in [0, 0.1) is 23.7 Å². The number of benzene rings is 3. The molecule has 0 saturated heterocycles. The molecule has 0 heterocycles. The van der Waals surface area contributed by atoms with E-state index in [-0.39, 0.29) is 11.8 Å². The monoisotopic (exact) mass is 450 g/mol. The molecule has 0 aromatic heterocycles. The van der Waals surface area contributed by atoms with Crippen molar-refractivity contribution in [2.24, 2.45) is 11.8 Å². The molecule has 0 spiro atoms. The van der Waals surface area contributed by atoms with Gasteiger partial charge in [-0.25, -0.2) is 0 Å². The highest BCUT2D eigenvalue weighted by atomic mass is 14.4. The lowest BCUT2D eigenvalue weighted by Crippen LogP contribution is -2.27. The predicted octanol–water partition coefficient (Wildman–Crippen LogP) is 8.12. The Balaban J connectivity index is 1.43. The van der Waals surface area contributed by atoms with E-state index >= 15 is 0 Å². The Hall–Kier alpha value is -3.82. The van der Waals surface area contributed by atoms with Crippen LogP contribution in [-0.2, 0) is 0 Å². The highest BCUT2D eigenvalue weighted by Gasteiger charge is 2.36. The molecule has 0 N–H and O–H groups in total. The molecule has 0 radical (unpaired) electrons. The van der Waals surface area contributed by atoms with Crippen molar-refractivity contribution >= 4 is 27.6 Å². The zero-order chi connectivity index (χ0) is 24.3. The van der Waals surface area contributed by atoms with E-state index in [9.17, 15) is 0 Å². The molecule has 3 aromatic carbocycles. The van der Waals surface area contributed by atoms with Crippen molar-refractivity contribution in [3.8, 4) is 11.8 Å². The van der Waals surface area contributed by atoms with Crippen LogP contribution in [-0.4, -0.2) is 0 Å².